The molecule has 0 aliphatic rings. The molecule has 0 bridgehead atoms. The molecule has 0 aliphatic heterocycles. The van der Waals surface area contributed by atoms with Gasteiger partial charge in [-0.05, 0) is 23.9 Å². The Morgan fingerprint density at radius 2 is 2.36 bits per heavy atom. The second-order valence-corrected chi connectivity index (χ2v) is 4.10. The van der Waals surface area contributed by atoms with Gasteiger partial charge >= 0.3 is 0 Å². The normalized spacial score (nSPS) is 13.1. The summed E-state index contributed by atoms with van der Waals surface area (Å²) in [5.41, 5.74) is 1.82. The highest BCUT2D eigenvalue weighted by Crippen LogP contribution is 2.28. The fraction of sp³-hybridized carbons (Fsp3) is 0.333. The standard InChI is InChI=1S/C9H11N3OS/c1-6-3-4-14-9(6)8(13)7-5-10-11-12(7)2/h3-5,8,13H,1-2H3. The summed E-state index contributed by atoms with van der Waals surface area (Å²) in [6.07, 6.45) is 0.971. The molecule has 0 amide bonds. The molecule has 74 valence electrons. The Labute approximate surface area is 85.8 Å². The summed E-state index contributed by atoms with van der Waals surface area (Å²) in [5, 5.41) is 19.5. The van der Waals surface area contributed by atoms with Gasteiger partial charge in [-0.15, -0.1) is 16.4 Å². The van der Waals surface area contributed by atoms with Crippen LogP contribution in [-0.4, -0.2) is 20.1 Å². The minimum atomic E-state index is -0.616. The van der Waals surface area contributed by atoms with Crippen LogP contribution in [0, 0.1) is 6.92 Å². The second-order valence-electron chi connectivity index (χ2n) is 3.15. The van der Waals surface area contributed by atoms with Crippen molar-refractivity contribution in [2.45, 2.75) is 13.0 Å². The number of hydrogen-bond acceptors (Lipinski definition) is 4. The van der Waals surface area contributed by atoms with E-state index in [-0.39, 0.29) is 0 Å². The van der Waals surface area contributed by atoms with Crippen LogP contribution in [0.2, 0.25) is 0 Å². The number of thiophene rings is 1. The second kappa shape index (κ2) is 3.51. The minimum absolute atomic E-state index is 0.616. The Hall–Kier alpha value is -1.20. The molecule has 0 spiro atoms. The summed E-state index contributed by atoms with van der Waals surface area (Å²) >= 11 is 1.55. The van der Waals surface area contributed by atoms with Crippen molar-refractivity contribution in [1.82, 2.24) is 15.0 Å². The number of aromatic nitrogens is 3. The van der Waals surface area contributed by atoms with Gasteiger partial charge in [0.05, 0.1) is 11.9 Å². The van der Waals surface area contributed by atoms with Crippen molar-refractivity contribution >= 4 is 11.3 Å². The Kier molecular flexibility index (Phi) is 2.35. The molecule has 1 atom stereocenters. The lowest BCUT2D eigenvalue weighted by atomic mass is 10.1. The average Bonchev–Trinajstić information content (AvgIpc) is 2.73. The Morgan fingerprint density at radius 3 is 2.86 bits per heavy atom. The lowest BCUT2D eigenvalue weighted by Gasteiger charge is -2.08. The molecule has 2 heterocycles. The maximum absolute atomic E-state index is 10.0. The molecular weight excluding hydrogens is 198 g/mol. The molecule has 2 aromatic rings. The van der Waals surface area contributed by atoms with Crippen molar-refractivity contribution in [3.63, 3.8) is 0 Å². The SMILES string of the molecule is Cc1ccsc1C(O)c1cnnn1C. The zero-order valence-electron chi connectivity index (χ0n) is 8.01. The number of aryl methyl sites for hydroxylation is 2. The van der Waals surface area contributed by atoms with Crippen LogP contribution in [0.15, 0.2) is 17.6 Å². The van der Waals surface area contributed by atoms with Crippen LogP contribution in [0.4, 0.5) is 0 Å². The molecule has 5 heteroatoms. The van der Waals surface area contributed by atoms with E-state index in [2.05, 4.69) is 10.3 Å². The molecule has 2 rings (SSSR count). The lowest BCUT2D eigenvalue weighted by Crippen LogP contribution is -2.05. The third kappa shape index (κ3) is 1.44. The number of nitrogens with zero attached hydrogens (tertiary/aromatic N) is 3. The van der Waals surface area contributed by atoms with Gasteiger partial charge in [-0.2, -0.15) is 0 Å². The summed E-state index contributed by atoms with van der Waals surface area (Å²) in [5.74, 6) is 0. The summed E-state index contributed by atoms with van der Waals surface area (Å²) in [6.45, 7) is 1.98. The summed E-state index contributed by atoms with van der Waals surface area (Å²) in [4.78, 5) is 0.954. The Balaban J connectivity index is 2.38. The first-order valence-corrected chi connectivity index (χ1v) is 5.14. The van der Waals surface area contributed by atoms with Crippen LogP contribution in [0.5, 0.6) is 0 Å². The summed E-state index contributed by atoms with van der Waals surface area (Å²) in [6, 6.07) is 1.99. The highest BCUT2D eigenvalue weighted by molar-refractivity contribution is 7.10. The van der Waals surface area contributed by atoms with Gasteiger partial charge in [0.15, 0.2) is 0 Å². The van der Waals surface area contributed by atoms with Gasteiger partial charge in [-0.3, -0.25) is 0 Å². The van der Waals surface area contributed by atoms with Gasteiger partial charge in [-0.1, -0.05) is 5.21 Å². The van der Waals surface area contributed by atoms with E-state index in [0.717, 1.165) is 16.1 Å². The van der Waals surface area contributed by atoms with Crippen molar-refractivity contribution in [3.8, 4) is 0 Å². The zero-order valence-corrected chi connectivity index (χ0v) is 8.82. The van der Waals surface area contributed by atoms with Crippen molar-refractivity contribution in [2.24, 2.45) is 7.05 Å². The predicted molar refractivity (Wildman–Crippen MR) is 54.1 cm³/mol. The van der Waals surface area contributed by atoms with Crippen LogP contribution < -0.4 is 0 Å². The number of aliphatic hydroxyl groups excluding tert-OH is 1. The molecule has 0 fully saturated rings. The van der Waals surface area contributed by atoms with Crippen LogP contribution in [0.1, 0.15) is 22.2 Å². The molecule has 1 unspecified atom stereocenters. The van der Waals surface area contributed by atoms with E-state index < -0.39 is 6.10 Å². The van der Waals surface area contributed by atoms with Crippen LogP contribution >= 0.6 is 11.3 Å². The van der Waals surface area contributed by atoms with Gasteiger partial charge in [0.25, 0.3) is 0 Å². The van der Waals surface area contributed by atoms with Crippen molar-refractivity contribution in [2.75, 3.05) is 0 Å². The highest BCUT2D eigenvalue weighted by Gasteiger charge is 2.17. The van der Waals surface area contributed by atoms with E-state index in [1.807, 2.05) is 18.4 Å². The smallest absolute Gasteiger partial charge is 0.132 e. The van der Waals surface area contributed by atoms with Crippen molar-refractivity contribution < 1.29 is 5.11 Å². The first kappa shape index (κ1) is 9.36. The highest BCUT2D eigenvalue weighted by atomic mass is 32.1. The number of rotatable bonds is 2. The Bertz CT molecular complexity index is 394. The first-order valence-electron chi connectivity index (χ1n) is 4.27. The maximum atomic E-state index is 10.0. The summed E-state index contributed by atoms with van der Waals surface area (Å²) in [7, 11) is 1.77. The molecule has 2 aromatic heterocycles. The molecule has 0 saturated carbocycles. The van der Waals surface area contributed by atoms with Crippen LogP contribution in [0.25, 0.3) is 0 Å². The van der Waals surface area contributed by atoms with Crippen LogP contribution in [0.3, 0.4) is 0 Å². The molecule has 0 radical (unpaired) electrons. The fourth-order valence-corrected chi connectivity index (χ4v) is 2.27. The minimum Gasteiger partial charge on any atom is -0.381 e. The topological polar surface area (TPSA) is 50.9 Å². The quantitative estimate of drug-likeness (QED) is 0.810. The molecule has 0 aromatic carbocycles. The predicted octanol–water partition coefficient (Wildman–Crippen LogP) is 1.27. The van der Waals surface area contributed by atoms with Gasteiger partial charge in [0.2, 0.25) is 0 Å². The van der Waals surface area contributed by atoms with Crippen molar-refractivity contribution in [1.29, 1.82) is 0 Å². The molecular formula is C9H11N3OS. The Morgan fingerprint density at radius 1 is 1.57 bits per heavy atom. The van der Waals surface area contributed by atoms with E-state index in [1.165, 1.54) is 0 Å². The van der Waals surface area contributed by atoms with Crippen molar-refractivity contribution in [3.05, 3.63) is 33.8 Å². The van der Waals surface area contributed by atoms with E-state index >= 15 is 0 Å². The lowest BCUT2D eigenvalue weighted by molar-refractivity contribution is 0.213. The number of aliphatic hydroxyl groups is 1. The van der Waals surface area contributed by atoms with Gasteiger partial charge in [-0.25, -0.2) is 4.68 Å². The van der Waals surface area contributed by atoms with Gasteiger partial charge < -0.3 is 5.11 Å². The number of hydrogen-bond donors (Lipinski definition) is 1. The molecule has 4 nitrogen and oxygen atoms in total. The average molecular weight is 209 g/mol. The van der Waals surface area contributed by atoms with E-state index in [9.17, 15) is 5.11 Å². The van der Waals surface area contributed by atoms with E-state index in [0.29, 0.717) is 0 Å². The zero-order chi connectivity index (χ0) is 10.1. The third-order valence-electron chi connectivity index (χ3n) is 2.18. The van der Waals surface area contributed by atoms with Crippen LogP contribution in [-0.2, 0) is 7.05 Å². The molecule has 1 N–H and O–H groups in total. The van der Waals surface area contributed by atoms with Gasteiger partial charge in [0, 0.05) is 11.9 Å². The fourth-order valence-electron chi connectivity index (χ4n) is 1.34. The summed E-state index contributed by atoms with van der Waals surface area (Å²) < 4.78 is 1.59. The first-order chi connectivity index (χ1) is 6.70. The maximum Gasteiger partial charge on any atom is 0.132 e. The third-order valence-corrected chi connectivity index (χ3v) is 3.25. The largest absolute Gasteiger partial charge is 0.381 e. The van der Waals surface area contributed by atoms with E-state index in [4.69, 9.17) is 0 Å². The van der Waals surface area contributed by atoms with E-state index in [1.54, 1.807) is 29.3 Å². The monoisotopic (exact) mass is 209 g/mol. The molecule has 0 aliphatic carbocycles. The molecule has 14 heavy (non-hydrogen) atoms. The van der Waals surface area contributed by atoms with Gasteiger partial charge in [0.1, 0.15) is 6.10 Å². The molecule has 0 saturated heterocycles.